The summed E-state index contributed by atoms with van der Waals surface area (Å²) in [6, 6.07) is 17.3. The lowest BCUT2D eigenvalue weighted by atomic mass is 9.89. The van der Waals surface area contributed by atoms with Crippen molar-refractivity contribution in [2.45, 2.75) is 18.6 Å². The van der Waals surface area contributed by atoms with E-state index in [4.69, 9.17) is 32.7 Å². The number of ketones is 1. The highest BCUT2D eigenvalue weighted by Gasteiger charge is 2.50. The summed E-state index contributed by atoms with van der Waals surface area (Å²) in [6.45, 7) is 0.305. The van der Waals surface area contributed by atoms with Crippen molar-refractivity contribution in [2.24, 2.45) is 0 Å². The number of fused-ring (bicyclic) bond motifs is 2. The van der Waals surface area contributed by atoms with E-state index in [2.05, 4.69) is 0 Å². The van der Waals surface area contributed by atoms with Crippen LogP contribution in [0.2, 0.25) is 10.0 Å². The number of halogens is 2. The molecule has 2 heterocycles. The number of rotatable bonds is 6. The van der Waals surface area contributed by atoms with Gasteiger partial charge in [-0.3, -0.25) is 9.59 Å². The van der Waals surface area contributed by atoms with Gasteiger partial charge in [0.1, 0.15) is 0 Å². The standard InChI is InChI=1S/C26H19Cl2NO5/c27-18-7-9-22-20(12-18)26(32,25(31)29(22)14-17-3-1-2-4-21(17)28)13-19(30)8-5-16-6-10-23-24(11-16)34-15-33-23/h1-12,32H,13-15H2/b8-5+/t26-/m1/s1. The molecule has 6 nitrogen and oxygen atoms in total. The number of carbonyl (C=O) groups is 2. The van der Waals surface area contributed by atoms with Gasteiger partial charge in [-0.25, -0.2) is 0 Å². The first-order valence-corrected chi connectivity index (χ1v) is 11.3. The molecule has 3 aromatic carbocycles. The Morgan fingerprint density at radius 1 is 1.06 bits per heavy atom. The Balaban J connectivity index is 1.41. The van der Waals surface area contributed by atoms with Crippen LogP contribution < -0.4 is 14.4 Å². The van der Waals surface area contributed by atoms with Crippen molar-refractivity contribution < 1.29 is 24.2 Å². The van der Waals surface area contributed by atoms with Crippen molar-refractivity contribution in [3.8, 4) is 11.5 Å². The Bertz CT molecular complexity index is 1340. The van der Waals surface area contributed by atoms with Crippen molar-refractivity contribution in [1.29, 1.82) is 0 Å². The second-order valence-electron chi connectivity index (χ2n) is 8.09. The fourth-order valence-electron chi connectivity index (χ4n) is 4.16. The molecule has 2 aliphatic rings. The second kappa shape index (κ2) is 8.80. The number of ether oxygens (including phenoxy) is 2. The molecule has 0 unspecified atom stereocenters. The number of amides is 1. The summed E-state index contributed by atoms with van der Waals surface area (Å²) in [5.41, 5.74) is 0.187. The molecule has 5 rings (SSSR count). The van der Waals surface area contributed by atoms with Gasteiger partial charge in [-0.15, -0.1) is 0 Å². The molecule has 0 aliphatic carbocycles. The van der Waals surface area contributed by atoms with Gasteiger partial charge in [0.05, 0.1) is 18.7 Å². The second-order valence-corrected chi connectivity index (χ2v) is 8.94. The first-order valence-electron chi connectivity index (χ1n) is 10.5. The van der Waals surface area contributed by atoms with Crippen LogP contribution in [0.1, 0.15) is 23.1 Å². The van der Waals surface area contributed by atoms with Gasteiger partial charge < -0.3 is 19.5 Å². The molecule has 1 N–H and O–H groups in total. The smallest absolute Gasteiger partial charge is 0.264 e. The maximum atomic E-state index is 13.4. The molecule has 34 heavy (non-hydrogen) atoms. The summed E-state index contributed by atoms with van der Waals surface area (Å²) >= 11 is 12.5. The minimum absolute atomic E-state index is 0.149. The van der Waals surface area contributed by atoms with Gasteiger partial charge in [0, 0.05) is 15.6 Å². The third-order valence-corrected chi connectivity index (χ3v) is 6.47. The SMILES string of the molecule is O=C(/C=C/c1ccc2c(c1)OCO2)C[C@]1(O)C(=O)N(Cc2ccccc2Cl)c2ccc(Cl)cc21. The number of anilines is 1. The molecule has 0 bridgehead atoms. The zero-order valence-corrected chi connectivity index (χ0v) is 19.3. The molecule has 8 heteroatoms. The Labute approximate surface area is 205 Å². The predicted octanol–water partition coefficient (Wildman–Crippen LogP) is 5.13. The van der Waals surface area contributed by atoms with Gasteiger partial charge in [0.2, 0.25) is 6.79 Å². The van der Waals surface area contributed by atoms with Gasteiger partial charge in [0.25, 0.3) is 5.91 Å². The average Bonchev–Trinajstić information content (AvgIpc) is 3.36. The number of hydrogen-bond donors (Lipinski definition) is 1. The molecule has 0 aromatic heterocycles. The number of allylic oxidation sites excluding steroid dienone is 1. The molecule has 172 valence electrons. The van der Waals surface area contributed by atoms with E-state index >= 15 is 0 Å². The third kappa shape index (κ3) is 4.05. The van der Waals surface area contributed by atoms with Gasteiger partial charge >= 0.3 is 0 Å². The van der Waals surface area contributed by atoms with Crippen molar-refractivity contribution in [3.05, 3.63) is 93.5 Å². The molecule has 0 saturated carbocycles. The Morgan fingerprint density at radius 3 is 2.68 bits per heavy atom. The Hall–Kier alpha value is -3.32. The van der Waals surface area contributed by atoms with E-state index in [0.717, 1.165) is 11.1 Å². The molecule has 1 atom stereocenters. The van der Waals surface area contributed by atoms with Crippen molar-refractivity contribution in [1.82, 2.24) is 0 Å². The molecular weight excluding hydrogens is 477 g/mol. The topological polar surface area (TPSA) is 76.1 Å². The first kappa shape index (κ1) is 22.5. The minimum atomic E-state index is -2.04. The van der Waals surface area contributed by atoms with E-state index in [9.17, 15) is 14.7 Å². The lowest BCUT2D eigenvalue weighted by molar-refractivity contribution is -0.140. The zero-order valence-electron chi connectivity index (χ0n) is 17.8. The number of nitrogens with zero attached hydrogens (tertiary/aromatic N) is 1. The van der Waals surface area contributed by atoms with Crippen LogP contribution in [-0.4, -0.2) is 23.6 Å². The highest BCUT2D eigenvalue weighted by molar-refractivity contribution is 6.31. The summed E-state index contributed by atoms with van der Waals surface area (Å²) in [5, 5.41) is 12.3. The third-order valence-electron chi connectivity index (χ3n) is 5.87. The summed E-state index contributed by atoms with van der Waals surface area (Å²) in [5.74, 6) is 0.216. The average molecular weight is 496 g/mol. The highest BCUT2D eigenvalue weighted by Crippen LogP contribution is 2.45. The molecule has 2 aliphatic heterocycles. The van der Waals surface area contributed by atoms with E-state index in [-0.39, 0.29) is 13.3 Å². The van der Waals surface area contributed by atoms with E-state index < -0.39 is 23.7 Å². The van der Waals surface area contributed by atoms with Gasteiger partial charge in [-0.2, -0.15) is 0 Å². The van der Waals surface area contributed by atoms with Crippen molar-refractivity contribution >= 4 is 46.7 Å². The largest absolute Gasteiger partial charge is 0.454 e. The van der Waals surface area contributed by atoms with Crippen molar-refractivity contribution in [2.75, 3.05) is 11.7 Å². The van der Waals surface area contributed by atoms with Crippen LogP contribution in [0.25, 0.3) is 6.08 Å². The molecule has 3 aromatic rings. The van der Waals surface area contributed by atoms with Crippen LogP contribution in [0, 0.1) is 0 Å². The van der Waals surface area contributed by atoms with Gasteiger partial charge in [0.15, 0.2) is 22.9 Å². The number of aliphatic hydroxyl groups is 1. The molecule has 0 radical (unpaired) electrons. The van der Waals surface area contributed by atoms with E-state index in [1.54, 1.807) is 48.5 Å². The van der Waals surface area contributed by atoms with Crippen LogP contribution in [0.15, 0.2) is 66.7 Å². The molecule has 0 saturated heterocycles. The maximum absolute atomic E-state index is 13.4. The number of benzene rings is 3. The first-order chi connectivity index (χ1) is 16.3. The summed E-state index contributed by atoms with van der Waals surface area (Å²) in [6.07, 6.45) is 2.51. The fourth-order valence-corrected chi connectivity index (χ4v) is 4.53. The van der Waals surface area contributed by atoms with Crippen LogP contribution in [0.3, 0.4) is 0 Å². The summed E-state index contributed by atoms with van der Waals surface area (Å²) < 4.78 is 10.6. The zero-order chi connectivity index (χ0) is 23.9. The summed E-state index contributed by atoms with van der Waals surface area (Å²) in [4.78, 5) is 27.7. The van der Waals surface area contributed by atoms with Crippen LogP contribution in [0.5, 0.6) is 11.5 Å². The lowest BCUT2D eigenvalue weighted by Crippen LogP contribution is -2.41. The normalized spacial score (nSPS) is 18.6. The Morgan fingerprint density at radius 2 is 1.85 bits per heavy atom. The molecule has 0 fully saturated rings. The number of carbonyl (C=O) groups excluding carboxylic acids is 2. The summed E-state index contributed by atoms with van der Waals surface area (Å²) in [7, 11) is 0. The number of hydrogen-bond acceptors (Lipinski definition) is 5. The fraction of sp³-hybridized carbons (Fsp3) is 0.154. The molecule has 1 amide bonds. The van der Waals surface area contributed by atoms with Crippen LogP contribution in [-0.2, 0) is 21.7 Å². The van der Waals surface area contributed by atoms with Crippen LogP contribution >= 0.6 is 23.2 Å². The van der Waals surface area contributed by atoms with Gasteiger partial charge in [-0.05, 0) is 53.6 Å². The predicted molar refractivity (Wildman–Crippen MR) is 129 cm³/mol. The minimum Gasteiger partial charge on any atom is -0.454 e. The highest BCUT2D eigenvalue weighted by atomic mass is 35.5. The molecule has 0 spiro atoms. The van der Waals surface area contributed by atoms with E-state index in [0.29, 0.717) is 32.8 Å². The van der Waals surface area contributed by atoms with Crippen molar-refractivity contribution in [3.63, 3.8) is 0 Å². The van der Waals surface area contributed by atoms with E-state index in [1.807, 2.05) is 12.1 Å². The van der Waals surface area contributed by atoms with E-state index in [1.165, 1.54) is 17.0 Å². The maximum Gasteiger partial charge on any atom is 0.264 e. The molecular formula is C26H19Cl2NO5. The Kier molecular flexibility index (Phi) is 5.81. The lowest BCUT2D eigenvalue weighted by Gasteiger charge is -2.22. The van der Waals surface area contributed by atoms with Gasteiger partial charge in [-0.1, -0.05) is 53.5 Å². The van der Waals surface area contributed by atoms with Crippen LogP contribution in [0.4, 0.5) is 5.69 Å². The quantitative estimate of drug-likeness (QED) is 0.479. The monoisotopic (exact) mass is 495 g/mol.